The largest absolute Gasteiger partial charge is 0.493 e. The Kier molecular flexibility index (Phi) is 5.99. The van der Waals surface area contributed by atoms with Gasteiger partial charge in [-0.15, -0.1) is 0 Å². The van der Waals surface area contributed by atoms with E-state index >= 15 is 0 Å². The molecule has 0 spiro atoms. The summed E-state index contributed by atoms with van der Waals surface area (Å²) in [5.41, 5.74) is 6.63. The number of hydrogen-bond donors (Lipinski definition) is 1. The van der Waals surface area contributed by atoms with Crippen LogP contribution in [-0.4, -0.2) is 13.0 Å². The molecule has 0 saturated heterocycles. The molecule has 1 amide bonds. The van der Waals surface area contributed by atoms with Crippen LogP contribution in [0.1, 0.15) is 11.1 Å². The van der Waals surface area contributed by atoms with Crippen LogP contribution in [0.2, 0.25) is 0 Å². The summed E-state index contributed by atoms with van der Waals surface area (Å²) in [4.78, 5) is 11.2. The molecule has 2 rings (SSSR count). The Bertz CT molecular complexity index is 811. The van der Waals surface area contributed by atoms with Crippen molar-refractivity contribution in [2.24, 2.45) is 5.73 Å². The predicted octanol–water partition coefficient (Wildman–Crippen LogP) is 3.43. The number of amides is 1. The van der Waals surface area contributed by atoms with Crippen LogP contribution in [0.4, 0.5) is 0 Å². The highest BCUT2D eigenvalue weighted by Crippen LogP contribution is 2.37. The molecule has 0 aliphatic carbocycles. The first-order chi connectivity index (χ1) is 11.5. The number of nitrogens with two attached hydrogens (primary N) is 1. The van der Waals surface area contributed by atoms with Crippen molar-refractivity contribution in [1.29, 1.82) is 5.26 Å². The number of nitrogens with zero attached hydrogens (tertiary/aromatic N) is 1. The first-order valence-corrected chi connectivity index (χ1v) is 7.80. The van der Waals surface area contributed by atoms with Crippen molar-refractivity contribution < 1.29 is 14.3 Å². The first-order valence-electron chi connectivity index (χ1n) is 7.01. The van der Waals surface area contributed by atoms with E-state index in [1.807, 2.05) is 30.3 Å². The molecule has 6 heteroatoms. The molecule has 0 aliphatic heterocycles. The van der Waals surface area contributed by atoms with Crippen LogP contribution in [-0.2, 0) is 11.4 Å². The molecular formula is C18H15BrN2O3. The van der Waals surface area contributed by atoms with Crippen LogP contribution in [0.3, 0.4) is 0 Å². The lowest BCUT2D eigenvalue weighted by Gasteiger charge is -2.13. The summed E-state index contributed by atoms with van der Waals surface area (Å²) in [5, 5.41) is 8.93. The third-order valence-electron chi connectivity index (χ3n) is 3.17. The summed E-state index contributed by atoms with van der Waals surface area (Å²) in [6.45, 7) is 0.385. The molecule has 0 atom stereocenters. The Balaban J connectivity index is 2.31. The van der Waals surface area contributed by atoms with Crippen molar-refractivity contribution in [3.05, 3.63) is 63.6 Å². The van der Waals surface area contributed by atoms with Gasteiger partial charge in [0.05, 0.1) is 11.6 Å². The highest BCUT2D eigenvalue weighted by Gasteiger charge is 2.13. The zero-order valence-corrected chi connectivity index (χ0v) is 14.5. The quantitative estimate of drug-likeness (QED) is 0.608. The van der Waals surface area contributed by atoms with Gasteiger partial charge >= 0.3 is 0 Å². The Labute approximate surface area is 148 Å². The standard InChI is InChI=1S/C18H15BrN2O3/c1-23-16-9-13(7-14(10-20)18(21)22)8-15(19)17(16)24-11-12-5-3-2-4-6-12/h2-9H,11H2,1H3,(H2,21,22)/b14-7+. The van der Waals surface area contributed by atoms with Crippen molar-refractivity contribution in [2.75, 3.05) is 7.11 Å². The van der Waals surface area contributed by atoms with Crippen LogP contribution in [0.15, 0.2) is 52.5 Å². The van der Waals surface area contributed by atoms with Crippen molar-refractivity contribution in [2.45, 2.75) is 6.61 Å². The Hall–Kier alpha value is -2.78. The molecule has 5 nitrogen and oxygen atoms in total. The summed E-state index contributed by atoms with van der Waals surface area (Å²) in [7, 11) is 1.52. The SMILES string of the molecule is COc1cc(/C=C(\C#N)C(N)=O)cc(Br)c1OCc1ccccc1. The van der Waals surface area contributed by atoms with E-state index in [9.17, 15) is 4.79 Å². The van der Waals surface area contributed by atoms with Crippen molar-refractivity contribution in [1.82, 2.24) is 0 Å². The topological polar surface area (TPSA) is 85.3 Å². The van der Waals surface area contributed by atoms with Gasteiger partial charge in [-0.1, -0.05) is 30.3 Å². The summed E-state index contributed by atoms with van der Waals surface area (Å²) >= 11 is 3.43. The lowest BCUT2D eigenvalue weighted by atomic mass is 10.1. The van der Waals surface area contributed by atoms with E-state index in [1.165, 1.54) is 13.2 Å². The lowest BCUT2D eigenvalue weighted by Crippen LogP contribution is -2.12. The average Bonchev–Trinajstić information content (AvgIpc) is 2.58. The maximum Gasteiger partial charge on any atom is 0.259 e. The highest BCUT2D eigenvalue weighted by molar-refractivity contribution is 9.10. The molecule has 2 N–H and O–H groups in total. The van der Waals surface area contributed by atoms with Gasteiger partial charge < -0.3 is 15.2 Å². The molecule has 0 saturated carbocycles. The molecule has 0 bridgehead atoms. The van der Waals surface area contributed by atoms with E-state index < -0.39 is 5.91 Å². The van der Waals surface area contributed by atoms with E-state index in [-0.39, 0.29) is 5.57 Å². The van der Waals surface area contributed by atoms with E-state index in [0.717, 1.165) is 5.56 Å². The van der Waals surface area contributed by atoms with Gasteiger partial charge in [0.25, 0.3) is 5.91 Å². The molecule has 2 aromatic rings. The summed E-state index contributed by atoms with van der Waals surface area (Å²) in [6, 6.07) is 14.9. The number of hydrogen-bond acceptors (Lipinski definition) is 4. The minimum absolute atomic E-state index is 0.137. The zero-order chi connectivity index (χ0) is 17.5. The molecular weight excluding hydrogens is 372 g/mol. The number of carbonyl (C=O) groups is 1. The number of nitriles is 1. The summed E-state index contributed by atoms with van der Waals surface area (Å²) in [6.07, 6.45) is 1.40. The van der Waals surface area contributed by atoms with Crippen molar-refractivity contribution >= 4 is 27.9 Å². The van der Waals surface area contributed by atoms with Crippen LogP contribution < -0.4 is 15.2 Å². The summed E-state index contributed by atoms with van der Waals surface area (Å²) < 4.78 is 11.8. The predicted molar refractivity (Wildman–Crippen MR) is 94.3 cm³/mol. The first kappa shape index (κ1) is 17.6. The van der Waals surface area contributed by atoms with Crippen LogP contribution in [0.5, 0.6) is 11.5 Å². The number of methoxy groups -OCH3 is 1. The molecule has 0 heterocycles. The lowest BCUT2D eigenvalue weighted by molar-refractivity contribution is -0.114. The van der Waals surface area contributed by atoms with Gasteiger partial charge in [-0.3, -0.25) is 4.79 Å². The molecule has 0 radical (unpaired) electrons. The number of primary amides is 1. The fourth-order valence-corrected chi connectivity index (χ4v) is 2.59. The Morgan fingerprint density at radius 3 is 2.62 bits per heavy atom. The molecule has 0 fully saturated rings. The fraction of sp³-hybridized carbons (Fsp3) is 0.111. The molecule has 0 aromatic heterocycles. The van der Waals surface area contributed by atoms with Gasteiger partial charge in [0, 0.05) is 0 Å². The Morgan fingerprint density at radius 2 is 2.04 bits per heavy atom. The molecule has 2 aromatic carbocycles. The highest BCUT2D eigenvalue weighted by atomic mass is 79.9. The van der Waals surface area contributed by atoms with Gasteiger partial charge in [0.1, 0.15) is 18.2 Å². The van der Waals surface area contributed by atoms with E-state index in [1.54, 1.807) is 18.2 Å². The minimum atomic E-state index is -0.781. The molecule has 24 heavy (non-hydrogen) atoms. The van der Waals surface area contributed by atoms with Crippen molar-refractivity contribution in [3.8, 4) is 17.6 Å². The van der Waals surface area contributed by atoms with Gasteiger partial charge in [-0.05, 0) is 45.3 Å². The maximum absolute atomic E-state index is 11.2. The van der Waals surface area contributed by atoms with Crippen LogP contribution in [0.25, 0.3) is 6.08 Å². The number of halogens is 1. The second-order valence-corrected chi connectivity index (χ2v) is 5.70. The summed E-state index contributed by atoms with van der Waals surface area (Å²) in [5.74, 6) is 0.237. The second-order valence-electron chi connectivity index (χ2n) is 4.84. The second kappa shape index (κ2) is 8.18. The van der Waals surface area contributed by atoms with Gasteiger partial charge in [0.2, 0.25) is 0 Å². The van der Waals surface area contributed by atoms with Crippen LogP contribution >= 0.6 is 15.9 Å². The van der Waals surface area contributed by atoms with Crippen molar-refractivity contribution in [3.63, 3.8) is 0 Å². The molecule has 0 aliphatic rings. The molecule has 122 valence electrons. The minimum Gasteiger partial charge on any atom is -0.493 e. The normalized spacial score (nSPS) is 10.8. The van der Waals surface area contributed by atoms with E-state index in [2.05, 4.69) is 15.9 Å². The van der Waals surface area contributed by atoms with E-state index in [0.29, 0.717) is 28.1 Å². The smallest absolute Gasteiger partial charge is 0.259 e. The monoisotopic (exact) mass is 386 g/mol. The number of ether oxygens (including phenoxy) is 2. The van der Waals surface area contributed by atoms with E-state index in [4.69, 9.17) is 20.5 Å². The third kappa shape index (κ3) is 4.37. The maximum atomic E-state index is 11.2. The average molecular weight is 387 g/mol. The third-order valence-corrected chi connectivity index (χ3v) is 3.76. The number of carbonyl (C=O) groups excluding carboxylic acids is 1. The number of benzene rings is 2. The van der Waals surface area contributed by atoms with Gasteiger partial charge in [-0.25, -0.2) is 0 Å². The number of rotatable bonds is 6. The molecule has 0 unspecified atom stereocenters. The zero-order valence-electron chi connectivity index (χ0n) is 13.0. The Morgan fingerprint density at radius 1 is 1.33 bits per heavy atom. The fourth-order valence-electron chi connectivity index (χ4n) is 2.02. The van der Waals surface area contributed by atoms with Crippen LogP contribution in [0, 0.1) is 11.3 Å². The van der Waals surface area contributed by atoms with Gasteiger partial charge in [0.15, 0.2) is 11.5 Å². The van der Waals surface area contributed by atoms with Gasteiger partial charge in [-0.2, -0.15) is 5.26 Å².